The third kappa shape index (κ3) is 4.68. The maximum atomic E-state index is 13.3. The van der Waals surface area contributed by atoms with Crippen molar-refractivity contribution in [2.24, 2.45) is 4.99 Å². The minimum Gasteiger partial charge on any atom is -0.494 e. The molecular formula is C24H26N4O2S. The van der Waals surface area contributed by atoms with E-state index in [1.807, 2.05) is 60.7 Å². The molecule has 0 unspecified atom stereocenters. The normalized spacial score (nSPS) is 14.8. The summed E-state index contributed by atoms with van der Waals surface area (Å²) in [5, 5.41) is 11.0. The van der Waals surface area contributed by atoms with Gasteiger partial charge in [-0.1, -0.05) is 42.8 Å². The quantitative estimate of drug-likeness (QED) is 0.471. The molecule has 0 saturated carbocycles. The van der Waals surface area contributed by atoms with Crippen molar-refractivity contribution in [2.75, 3.05) is 26.2 Å². The summed E-state index contributed by atoms with van der Waals surface area (Å²) >= 11 is 5.63. The number of rotatable bonds is 6. The van der Waals surface area contributed by atoms with Crippen molar-refractivity contribution in [2.45, 2.75) is 19.3 Å². The fraction of sp³-hybridized carbons (Fsp3) is 0.292. The lowest BCUT2D eigenvalue weighted by atomic mass is 10.1. The van der Waals surface area contributed by atoms with E-state index < -0.39 is 0 Å². The topological polar surface area (TPSA) is 62.8 Å². The van der Waals surface area contributed by atoms with Gasteiger partial charge >= 0.3 is 0 Å². The maximum absolute atomic E-state index is 13.3. The van der Waals surface area contributed by atoms with Crippen LogP contribution in [0.5, 0.6) is 5.88 Å². The Morgan fingerprint density at radius 1 is 0.903 bits per heavy atom. The Balaban J connectivity index is 1.76. The summed E-state index contributed by atoms with van der Waals surface area (Å²) in [4.78, 5) is 20.2. The smallest absolute Gasteiger partial charge is 0.271 e. The second-order valence-corrected chi connectivity index (χ2v) is 7.97. The minimum atomic E-state index is -0.386. The molecule has 31 heavy (non-hydrogen) atoms. The van der Waals surface area contributed by atoms with E-state index in [-0.39, 0.29) is 21.8 Å². The zero-order chi connectivity index (χ0) is 21.6. The third-order valence-corrected chi connectivity index (χ3v) is 5.88. The fourth-order valence-electron chi connectivity index (χ4n) is 3.88. The summed E-state index contributed by atoms with van der Waals surface area (Å²) in [6.07, 6.45) is 5.22. The lowest BCUT2D eigenvalue weighted by Crippen LogP contribution is -2.32. The van der Waals surface area contributed by atoms with Crippen LogP contribution in [0.1, 0.15) is 24.8 Å². The van der Waals surface area contributed by atoms with E-state index in [2.05, 4.69) is 9.89 Å². The molecule has 7 heteroatoms. The molecule has 1 aliphatic heterocycles. The van der Waals surface area contributed by atoms with E-state index in [9.17, 15) is 9.90 Å². The molecule has 0 aliphatic carbocycles. The summed E-state index contributed by atoms with van der Waals surface area (Å²) in [5.41, 5.74) is 1.06. The molecule has 6 nitrogen and oxygen atoms in total. The third-order valence-electron chi connectivity index (χ3n) is 5.51. The van der Waals surface area contributed by atoms with E-state index in [0.717, 1.165) is 19.6 Å². The van der Waals surface area contributed by atoms with Gasteiger partial charge < -0.3 is 10.0 Å². The SMILES string of the molecule is O=c1c(C=NCCN2CCCCC2)c(O)n(-c2ccccc2)c(=S)n1-c1ccccc1. The average molecular weight is 435 g/mol. The molecular weight excluding hydrogens is 408 g/mol. The van der Waals surface area contributed by atoms with E-state index in [0.29, 0.717) is 17.9 Å². The zero-order valence-electron chi connectivity index (χ0n) is 17.4. The lowest BCUT2D eigenvalue weighted by Gasteiger charge is -2.25. The van der Waals surface area contributed by atoms with Gasteiger partial charge in [-0.05, 0) is 62.4 Å². The summed E-state index contributed by atoms with van der Waals surface area (Å²) in [5.74, 6) is -0.199. The molecule has 1 fully saturated rings. The molecule has 2 aromatic carbocycles. The molecule has 1 N–H and O–H groups in total. The highest BCUT2D eigenvalue weighted by Gasteiger charge is 2.18. The molecule has 0 spiro atoms. The second kappa shape index (κ2) is 9.85. The maximum Gasteiger partial charge on any atom is 0.271 e. The van der Waals surface area contributed by atoms with Crippen molar-refractivity contribution in [3.05, 3.63) is 81.4 Å². The van der Waals surface area contributed by atoms with Crippen molar-refractivity contribution < 1.29 is 5.11 Å². The summed E-state index contributed by atoms with van der Waals surface area (Å²) in [7, 11) is 0. The highest BCUT2D eigenvalue weighted by molar-refractivity contribution is 7.71. The fourth-order valence-corrected chi connectivity index (χ4v) is 4.26. The van der Waals surface area contributed by atoms with Crippen molar-refractivity contribution in [1.82, 2.24) is 14.0 Å². The van der Waals surface area contributed by atoms with Crippen molar-refractivity contribution in [3.63, 3.8) is 0 Å². The van der Waals surface area contributed by atoms with Crippen LogP contribution in [0.3, 0.4) is 0 Å². The number of aromatic hydroxyl groups is 1. The van der Waals surface area contributed by atoms with Crippen LogP contribution in [-0.2, 0) is 0 Å². The summed E-state index contributed by atoms with van der Waals surface area (Å²) in [6.45, 7) is 3.62. The van der Waals surface area contributed by atoms with Crippen LogP contribution < -0.4 is 5.56 Å². The number of hydrogen-bond donors (Lipinski definition) is 1. The monoisotopic (exact) mass is 434 g/mol. The van der Waals surface area contributed by atoms with E-state index in [1.54, 1.807) is 0 Å². The molecule has 1 aliphatic rings. The van der Waals surface area contributed by atoms with Gasteiger partial charge in [-0.15, -0.1) is 0 Å². The number of benzene rings is 2. The number of para-hydroxylation sites is 2. The molecule has 2 heterocycles. The molecule has 160 valence electrons. The van der Waals surface area contributed by atoms with Crippen LogP contribution in [-0.4, -0.2) is 51.5 Å². The lowest BCUT2D eigenvalue weighted by molar-refractivity contribution is 0.235. The van der Waals surface area contributed by atoms with Crippen molar-refractivity contribution in [1.29, 1.82) is 0 Å². The van der Waals surface area contributed by atoms with Gasteiger partial charge in [0.05, 0.1) is 17.9 Å². The highest BCUT2D eigenvalue weighted by Crippen LogP contribution is 2.21. The van der Waals surface area contributed by atoms with Gasteiger partial charge in [-0.3, -0.25) is 18.9 Å². The minimum absolute atomic E-state index is 0.125. The zero-order valence-corrected chi connectivity index (χ0v) is 18.2. The number of aromatic nitrogens is 2. The van der Waals surface area contributed by atoms with Gasteiger partial charge in [-0.25, -0.2) is 0 Å². The molecule has 1 saturated heterocycles. The van der Waals surface area contributed by atoms with E-state index in [4.69, 9.17) is 12.2 Å². The van der Waals surface area contributed by atoms with Crippen LogP contribution in [0.15, 0.2) is 70.5 Å². The average Bonchev–Trinajstić information content (AvgIpc) is 2.80. The molecule has 4 rings (SSSR count). The largest absolute Gasteiger partial charge is 0.494 e. The Labute approximate surface area is 186 Å². The Kier molecular flexibility index (Phi) is 6.74. The van der Waals surface area contributed by atoms with Crippen molar-refractivity contribution >= 4 is 18.4 Å². The number of nitrogens with zero attached hydrogens (tertiary/aromatic N) is 4. The van der Waals surface area contributed by atoms with Crippen LogP contribution in [0.4, 0.5) is 0 Å². The van der Waals surface area contributed by atoms with Crippen molar-refractivity contribution in [3.8, 4) is 17.3 Å². The number of piperidine rings is 1. The van der Waals surface area contributed by atoms with Crippen LogP contribution >= 0.6 is 12.2 Å². The first kappa shape index (κ1) is 21.2. The Hall–Kier alpha value is -3.03. The van der Waals surface area contributed by atoms with E-state index >= 15 is 0 Å². The molecule has 0 atom stereocenters. The predicted molar refractivity (Wildman–Crippen MR) is 127 cm³/mol. The first-order chi connectivity index (χ1) is 15.2. The van der Waals surface area contributed by atoms with Gasteiger partial charge in [0.2, 0.25) is 5.88 Å². The number of aliphatic imine (C=N–C) groups is 1. The summed E-state index contributed by atoms with van der Waals surface area (Å²) in [6, 6.07) is 18.5. The Morgan fingerprint density at radius 3 is 2.10 bits per heavy atom. The molecule has 0 amide bonds. The first-order valence-electron chi connectivity index (χ1n) is 10.6. The van der Waals surface area contributed by atoms with Gasteiger partial charge in [0.25, 0.3) is 5.56 Å². The second-order valence-electron chi connectivity index (χ2n) is 7.60. The Bertz CT molecular complexity index is 1160. The molecule has 0 radical (unpaired) electrons. The van der Waals surface area contributed by atoms with Crippen LogP contribution in [0.2, 0.25) is 0 Å². The van der Waals surface area contributed by atoms with E-state index in [1.165, 1.54) is 34.6 Å². The van der Waals surface area contributed by atoms with Gasteiger partial charge in [-0.2, -0.15) is 0 Å². The van der Waals surface area contributed by atoms with Gasteiger partial charge in [0.15, 0.2) is 4.77 Å². The van der Waals surface area contributed by atoms with Crippen LogP contribution in [0, 0.1) is 4.77 Å². The predicted octanol–water partition coefficient (Wildman–Crippen LogP) is 3.97. The molecule has 1 aromatic heterocycles. The van der Waals surface area contributed by atoms with Gasteiger partial charge in [0, 0.05) is 12.8 Å². The number of likely N-dealkylation sites (tertiary alicyclic amines) is 1. The number of hydrogen-bond acceptors (Lipinski definition) is 5. The first-order valence-corrected chi connectivity index (χ1v) is 11.0. The van der Waals surface area contributed by atoms with Crippen LogP contribution in [0.25, 0.3) is 11.4 Å². The highest BCUT2D eigenvalue weighted by atomic mass is 32.1. The summed E-state index contributed by atoms with van der Waals surface area (Å²) < 4.78 is 3.15. The standard InChI is InChI=1S/C24H26N4O2S/c29-22-21(18-25-14-17-26-15-8-3-9-16-26)23(30)28(20-12-6-2-7-13-20)24(31)27(22)19-10-4-1-5-11-19/h1-2,4-7,10-13,18,29H,3,8-9,14-17H2. The van der Waals surface area contributed by atoms with Gasteiger partial charge in [0.1, 0.15) is 5.56 Å². The molecule has 0 bridgehead atoms. The molecule has 3 aromatic rings. The Morgan fingerprint density at radius 2 is 1.48 bits per heavy atom.